The Morgan fingerprint density at radius 3 is 2.39 bits per heavy atom. The van der Waals surface area contributed by atoms with Gasteiger partial charge in [0.25, 0.3) is 5.91 Å². The van der Waals surface area contributed by atoms with Gasteiger partial charge in [0.2, 0.25) is 5.91 Å². The first kappa shape index (κ1) is 18.9. The Hall–Kier alpha value is -3.87. The number of allylic oxidation sites excluding steroid dienone is 1. The van der Waals surface area contributed by atoms with Crippen LogP contribution in [-0.4, -0.2) is 22.6 Å². The molecule has 0 aliphatic carbocycles. The summed E-state index contributed by atoms with van der Waals surface area (Å²) in [5.41, 5.74) is 14.9. The first-order chi connectivity index (χ1) is 13.4. The van der Waals surface area contributed by atoms with E-state index in [1.807, 2.05) is 35.9 Å². The quantitative estimate of drug-likeness (QED) is 0.493. The molecular weight excluding hydrogens is 354 g/mol. The number of rotatable bonds is 6. The Kier molecular flexibility index (Phi) is 5.26. The average molecular weight is 375 g/mol. The van der Waals surface area contributed by atoms with Crippen molar-refractivity contribution in [3.8, 4) is 0 Å². The highest BCUT2D eigenvalue weighted by Gasteiger charge is 2.14. The van der Waals surface area contributed by atoms with Gasteiger partial charge in [-0.2, -0.15) is 0 Å². The van der Waals surface area contributed by atoms with Crippen molar-refractivity contribution in [3.05, 3.63) is 77.1 Å². The Balaban J connectivity index is 1.80. The number of nitrogens with zero attached hydrogens (tertiary/aromatic N) is 1. The van der Waals surface area contributed by atoms with E-state index in [0.29, 0.717) is 23.4 Å². The van der Waals surface area contributed by atoms with Gasteiger partial charge in [-0.1, -0.05) is 24.3 Å². The van der Waals surface area contributed by atoms with Crippen LogP contribution in [0, 0.1) is 5.41 Å². The summed E-state index contributed by atoms with van der Waals surface area (Å²) in [5, 5.41) is 11.2. The van der Waals surface area contributed by atoms with Gasteiger partial charge in [-0.3, -0.25) is 9.59 Å². The van der Waals surface area contributed by atoms with E-state index in [0.717, 1.165) is 22.0 Å². The van der Waals surface area contributed by atoms with Gasteiger partial charge in [0.05, 0.1) is 0 Å². The second kappa shape index (κ2) is 7.79. The first-order valence-electron chi connectivity index (χ1n) is 8.63. The fourth-order valence-electron chi connectivity index (χ4n) is 3.01. The third-order valence-electron chi connectivity index (χ3n) is 4.64. The SMILES string of the molecule is Cn1c(C(=O)NCc2ccc(C(N)=O)cc2)cc2ccc(/C(C=N)=C/N)cc21. The molecule has 3 aromatic rings. The molecule has 3 rings (SSSR count). The topological polar surface area (TPSA) is 127 Å². The Labute approximate surface area is 162 Å². The smallest absolute Gasteiger partial charge is 0.268 e. The van der Waals surface area contributed by atoms with E-state index in [2.05, 4.69) is 5.32 Å². The molecule has 0 atom stereocenters. The highest BCUT2D eigenvalue weighted by molar-refractivity contribution is 6.09. The van der Waals surface area contributed by atoms with Gasteiger partial charge in [-0.25, -0.2) is 0 Å². The average Bonchev–Trinajstić information content (AvgIpc) is 3.04. The standard InChI is InChI=1S/C21H21N5O2/c1-26-18-8-15(17(10-22)11-23)6-7-16(18)9-19(26)21(28)25-12-13-2-4-14(5-3-13)20(24)27/h2-11,22H,12,23H2,1H3,(H2,24,27)(H,25,28)/b17-11+,22-10?. The number of carbonyl (C=O) groups excluding carboxylic acids is 2. The van der Waals surface area contributed by atoms with E-state index in [1.165, 1.54) is 12.4 Å². The van der Waals surface area contributed by atoms with Gasteiger partial charge in [0, 0.05) is 48.0 Å². The van der Waals surface area contributed by atoms with Crippen LogP contribution in [0.15, 0.2) is 54.7 Å². The molecule has 0 aliphatic heterocycles. The second-order valence-electron chi connectivity index (χ2n) is 6.37. The molecule has 2 aromatic carbocycles. The van der Waals surface area contributed by atoms with Gasteiger partial charge in [-0.05, 0) is 35.4 Å². The van der Waals surface area contributed by atoms with Crippen LogP contribution in [-0.2, 0) is 13.6 Å². The molecule has 0 radical (unpaired) electrons. The number of aryl methyl sites for hydroxylation is 1. The molecule has 0 saturated carbocycles. The van der Waals surface area contributed by atoms with Crippen LogP contribution in [0.1, 0.15) is 32.0 Å². The molecule has 0 unspecified atom stereocenters. The molecule has 1 heterocycles. The summed E-state index contributed by atoms with van der Waals surface area (Å²) in [4.78, 5) is 23.8. The van der Waals surface area contributed by atoms with Crippen LogP contribution in [0.3, 0.4) is 0 Å². The van der Waals surface area contributed by atoms with Crippen LogP contribution in [0.4, 0.5) is 0 Å². The largest absolute Gasteiger partial charge is 0.404 e. The number of aromatic nitrogens is 1. The molecule has 0 bridgehead atoms. The fourth-order valence-corrected chi connectivity index (χ4v) is 3.01. The summed E-state index contributed by atoms with van der Waals surface area (Å²) >= 11 is 0. The van der Waals surface area contributed by atoms with Crippen molar-refractivity contribution in [3.63, 3.8) is 0 Å². The second-order valence-corrected chi connectivity index (χ2v) is 6.37. The molecule has 28 heavy (non-hydrogen) atoms. The minimum absolute atomic E-state index is 0.208. The van der Waals surface area contributed by atoms with E-state index in [9.17, 15) is 9.59 Å². The number of amides is 2. The lowest BCUT2D eigenvalue weighted by molar-refractivity contribution is 0.0941. The molecule has 7 heteroatoms. The maximum absolute atomic E-state index is 12.6. The van der Waals surface area contributed by atoms with Crippen LogP contribution in [0.25, 0.3) is 16.5 Å². The minimum atomic E-state index is -0.485. The van der Waals surface area contributed by atoms with Crippen LogP contribution < -0.4 is 16.8 Å². The van der Waals surface area contributed by atoms with Crippen LogP contribution in [0.2, 0.25) is 0 Å². The number of hydrogen-bond acceptors (Lipinski definition) is 4. The fraction of sp³-hybridized carbons (Fsp3) is 0.0952. The van der Waals surface area contributed by atoms with Gasteiger partial charge >= 0.3 is 0 Å². The van der Waals surface area contributed by atoms with E-state index in [1.54, 1.807) is 24.3 Å². The lowest BCUT2D eigenvalue weighted by Crippen LogP contribution is -2.24. The molecule has 7 nitrogen and oxygen atoms in total. The number of benzene rings is 2. The van der Waals surface area contributed by atoms with Crippen molar-refractivity contribution in [1.29, 1.82) is 5.41 Å². The summed E-state index contributed by atoms with van der Waals surface area (Å²) < 4.78 is 1.81. The van der Waals surface area contributed by atoms with Crippen molar-refractivity contribution < 1.29 is 9.59 Å². The van der Waals surface area contributed by atoms with Crippen molar-refractivity contribution in [1.82, 2.24) is 9.88 Å². The van der Waals surface area contributed by atoms with E-state index in [4.69, 9.17) is 16.9 Å². The minimum Gasteiger partial charge on any atom is -0.404 e. The predicted octanol–water partition coefficient (Wildman–Crippen LogP) is 2.16. The van der Waals surface area contributed by atoms with Crippen molar-refractivity contribution in [2.45, 2.75) is 6.54 Å². The normalized spacial score (nSPS) is 11.4. The molecule has 0 aliphatic rings. The first-order valence-corrected chi connectivity index (χ1v) is 8.63. The van der Waals surface area contributed by atoms with Crippen molar-refractivity contribution >= 4 is 34.5 Å². The molecule has 0 saturated heterocycles. The molecular formula is C21H21N5O2. The van der Waals surface area contributed by atoms with E-state index in [-0.39, 0.29) is 5.91 Å². The Bertz CT molecular complexity index is 1090. The van der Waals surface area contributed by atoms with Gasteiger partial charge in [-0.15, -0.1) is 0 Å². The number of primary amides is 1. The molecule has 2 amide bonds. The lowest BCUT2D eigenvalue weighted by atomic mass is 10.1. The number of carbonyl (C=O) groups is 2. The van der Waals surface area contributed by atoms with Gasteiger partial charge < -0.3 is 26.8 Å². The summed E-state index contributed by atoms with van der Waals surface area (Å²) in [6.45, 7) is 0.332. The number of hydrogen-bond donors (Lipinski definition) is 4. The van der Waals surface area contributed by atoms with Gasteiger partial charge in [0.15, 0.2) is 0 Å². The predicted molar refractivity (Wildman–Crippen MR) is 110 cm³/mol. The highest BCUT2D eigenvalue weighted by atomic mass is 16.2. The Morgan fingerprint density at radius 2 is 1.79 bits per heavy atom. The monoisotopic (exact) mass is 375 g/mol. The zero-order valence-corrected chi connectivity index (χ0v) is 15.4. The summed E-state index contributed by atoms with van der Waals surface area (Å²) in [5.74, 6) is -0.693. The highest BCUT2D eigenvalue weighted by Crippen LogP contribution is 2.23. The molecule has 1 aromatic heterocycles. The summed E-state index contributed by atoms with van der Waals surface area (Å²) in [7, 11) is 1.82. The number of nitrogens with one attached hydrogen (secondary N) is 2. The zero-order chi connectivity index (χ0) is 20.3. The number of nitrogens with two attached hydrogens (primary N) is 2. The van der Waals surface area contributed by atoms with Crippen molar-refractivity contribution in [2.75, 3.05) is 0 Å². The van der Waals surface area contributed by atoms with Crippen molar-refractivity contribution in [2.24, 2.45) is 18.5 Å². The van der Waals surface area contributed by atoms with E-state index >= 15 is 0 Å². The summed E-state index contributed by atoms with van der Waals surface area (Å²) in [6.07, 6.45) is 2.58. The third kappa shape index (κ3) is 3.64. The van der Waals surface area contributed by atoms with Crippen LogP contribution >= 0.6 is 0 Å². The molecule has 0 fully saturated rings. The summed E-state index contributed by atoms with van der Waals surface area (Å²) in [6, 6.07) is 14.3. The van der Waals surface area contributed by atoms with Crippen LogP contribution in [0.5, 0.6) is 0 Å². The maximum Gasteiger partial charge on any atom is 0.268 e. The van der Waals surface area contributed by atoms with Gasteiger partial charge in [0.1, 0.15) is 5.69 Å². The number of fused-ring (bicyclic) bond motifs is 1. The lowest BCUT2D eigenvalue weighted by Gasteiger charge is -2.08. The zero-order valence-electron chi connectivity index (χ0n) is 15.4. The molecule has 142 valence electrons. The Morgan fingerprint density at radius 1 is 1.11 bits per heavy atom. The molecule has 0 spiro atoms. The maximum atomic E-state index is 12.6. The van der Waals surface area contributed by atoms with E-state index < -0.39 is 5.91 Å². The molecule has 6 N–H and O–H groups in total. The third-order valence-corrected chi connectivity index (χ3v) is 4.64.